The van der Waals surface area contributed by atoms with Crippen LogP contribution in [0.1, 0.15) is 59.3 Å². The van der Waals surface area contributed by atoms with Crippen molar-refractivity contribution in [2.24, 2.45) is 0 Å². The van der Waals surface area contributed by atoms with Gasteiger partial charge in [-0.15, -0.1) is 0 Å². The van der Waals surface area contributed by atoms with Gasteiger partial charge in [-0.3, -0.25) is 4.79 Å². The number of carboxylic acid groups (broad SMARTS) is 1. The van der Waals surface area contributed by atoms with Gasteiger partial charge in [-0.05, 0) is 72.0 Å². The Labute approximate surface area is 117 Å². The zero-order valence-electron chi connectivity index (χ0n) is 12.7. The molecule has 19 heavy (non-hydrogen) atoms. The van der Waals surface area contributed by atoms with Crippen LogP contribution in [0.4, 0.5) is 0 Å². The molecular weight excluding hydrogens is 240 g/mol. The molecule has 0 saturated carbocycles. The average Bonchev–Trinajstić information content (AvgIpc) is 2.78. The molecule has 4 heteroatoms. The highest BCUT2D eigenvalue weighted by Gasteiger charge is 2.31. The van der Waals surface area contributed by atoms with Gasteiger partial charge in [-0.1, -0.05) is 6.92 Å². The molecule has 1 heterocycles. The van der Waals surface area contributed by atoms with E-state index in [1.54, 1.807) is 0 Å². The van der Waals surface area contributed by atoms with Gasteiger partial charge in [0, 0.05) is 6.04 Å². The molecule has 1 aliphatic rings. The van der Waals surface area contributed by atoms with Crippen molar-refractivity contribution < 1.29 is 9.90 Å². The van der Waals surface area contributed by atoms with E-state index in [-0.39, 0.29) is 0 Å². The number of unbranched alkanes of at least 4 members (excludes halogenated alkanes) is 1. The topological polar surface area (TPSA) is 52.6 Å². The van der Waals surface area contributed by atoms with Crippen molar-refractivity contribution in [3.63, 3.8) is 0 Å². The zero-order chi connectivity index (χ0) is 14.3. The van der Waals surface area contributed by atoms with Crippen LogP contribution in [0.25, 0.3) is 0 Å². The van der Waals surface area contributed by atoms with Crippen LogP contribution in [-0.2, 0) is 4.79 Å². The fourth-order valence-corrected chi connectivity index (χ4v) is 2.79. The summed E-state index contributed by atoms with van der Waals surface area (Å²) in [6.07, 6.45) is 6.37. The molecule has 0 aromatic rings. The van der Waals surface area contributed by atoms with E-state index in [0.29, 0.717) is 12.5 Å². The minimum absolute atomic E-state index is 0.712. The number of aliphatic carboxylic acids is 1. The van der Waals surface area contributed by atoms with Crippen LogP contribution in [0, 0.1) is 0 Å². The standard InChI is InChI=1S/C15H30N2O2/c1-4-10-16-15(3,14(18)19)9-5-6-11-17-12-7-8-13(17)2/h13,16H,4-12H2,1-3H3,(H,18,19). The molecule has 0 aromatic carbocycles. The highest BCUT2D eigenvalue weighted by Crippen LogP contribution is 2.19. The van der Waals surface area contributed by atoms with Crippen molar-refractivity contribution in [2.75, 3.05) is 19.6 Å². The van der Waals surface area contributed by atoms with Gasteiger partial charge in [0.15, 0.2) is 0 Å². The molecule has 0 radical (unpaired) electrons. The Morgan fingerprint density at radius 1 is 1.47 bits per heavy atom. The van der Waals surface area contributed by atoms with Crippen LogP contribution >= 0.6 is 0 Å². The van der Waals surface area contributed by atoms with Gasteiger partial charge in [0.25, 0.3) is 0 Å². The van der Waals surface area contributed by atoms with E-state index in [1.165, 1.54) is 19.4 Å². The van der Waals surface area contributed by atoms with Gasteiger partial charge in [0.05, 0.1) is 0 Å². The lowest BCUT2D eigenvalue weighted by Crippen LogP contribution is -2.49. The molecule has 0 bridgehead atoms. The molecule has 1 rings (SSSR count). The first-order valence-corrected chi connectivity index (χ1v) is 7.72. The van der Waals surface area contributed by atoms with Crippen LogP contribution in [0.2, 0.25) is 0 Å². The number of carboxylic acids is 1. The molecule has 1 saturated heterocycles. The number of likely N-dealkylation sites (tertiary alicyclic amines) is 1. The molecule has 0 spiro atoms. The van der Waals surface area contributed by atoms with Crippen molar-refractivity contribution >= 4 is 5.97 Å². The minimum Gasteiger partial charge on any atom is -0.480 e. The lowest BCUT2D eigenvalue weighted by Gasteiger charge is -2.27. The van der Waals surface area contributed by atoms with Crippen LogP contribution in [0.15, 0.2) is 0 Å². The third-order valence-corrected chi connectivity index (χ3v) is 4.30. The number of carbonyl (C=O) groups is 1. The van der Waals surface area contributed by atoms with Crippen LogP contribution < -0.4 is 5.32 Å². The summed E-state index contributed by atoms with van der Waals surface area (Å²) in [6, 6.07) is 0.712. The predicted octanol–water partition coefficient (Wildman–Crippen LogP) is 2.48. The quantitative estimate of drug-likeness (QED) is 0.632. The Morgan fingerprint density at radius 2 is 2.21 bits per heavy atom. The van der Waals surface area contributed by atoms with E-state index < -0.39 is 11.5 Å². The summed E-state index contributed by atoms with van der Waals surface area (Å²) in [6.45, 7) is 9.26. The first-order chi connectivity index (χ1) is 8.99. The molecule has 2 unspecified atom stereocenters. The fraction of sp³-hybridized carbons (Fsp3) is 0.933. The van der Waals surface area contributed by atoms with Crippen LogP contribution in [-0.4, -0.2) is 47.2 Å². The van der Waals surface area contributed by atoms with Gasteiger partial charge in [0.1, 0.15) is 5.54 Å². The summed E-state index contributed by atoms with van der Waals surface area (Å²) < 4.78 is 0. The molecule has 4 nitrogen and oxygen atoms in total. The van der Waals surface area contributed by atoms with Gasteiger partial charge < -0.3 is 15.3 Å². The van der Waals surface area contributed by atoms with Gasteiger partial charge in [-0.2, -0.15) is 0 Å². The number of nitrogens with zero attached hydrogens (tertiary/aromatic N) is 1. The smallest absolute Gasteiger partial charge is 0.323 e. The molecule has 0 amide bonds. The highest BCUT2D eigenvalue weighted by atomic mass is 16.4. The largest absolute Gasteiger partial charge is 0.480 e. The highest BCUT2D eigenvalue weighted by molar-refractivity contribution is 5.78. The van der Waals surface area contributed by atoms with E-state index in [4.69, 9.17) is 0 Å². The third-order valence-electron chi connectivity index (χ3n) is 4.30. The average molecular weight is 270 g/mol. The Bertz CT molecular complexity index is 283. The maximum absolute atomic E-state index is 11.4. The second-order valence-electron chi connectivity index (χ2n) is 6.05. The van der Waals surface area contributed by atoms with Gasteiger partial charge >= 0.3 is 5.97 Å². The number of rotatable bonds is 9. The Hall–Kier alpha value is -0.610. The summed E-state index contributed by atoms with van der Waals surface area (Å²) >= 11 is 0. The van der Waals surface area contributed by atoms with E-state index >= 15 is 0 Å². The summed E-state index contributed by atoms with van der Waals surface area (Å²) in [5.41, 5.74) is -0.757. The molecule has 0 aliphatic carbocycles. The minimum atomic E-state index is -0.757. The van der Waals surface area contributed by atoms with Crippen LogP contribution in [0.5, 0.6) is 0 Å². The lowest BCUT2D eigenvalue weighted by atomic mass is 9.94. The zero-order valence-corrected chi connectivity index (χ0v) is 12.7. The molecule has 2 N–H and O–H groups in total. The van der Waals surface area contributed by atoms with E-state index in [1.807, 2.05) is 6.92 Å². The maximum Gasteiger partial charge on any atom is 0.323 e. The van der Waals surface area contributed by atoms with Gasteiger partial charge in [0.2, 0.25) is 0 Å². The predicted molar refractivity (Wildman–Crippen MR) is 78.5 cm³/mol. The Kier molecular flexibility index (Phi) is 6.80. The summed E-state index contributed by atoms with van der Waals surface area (Å²) in [7, 11) is 0. The van der Waals surface area contributed by atoms with Crippen LogP contribution in [0.3, 0.4) is 0 Å². The van der Waals surface area contributed by atoms with Crippen molar-refractivity contribution in [1.82, 2.24) is 10.2 Å². The Morgan fingerprint density at radius 3 is 2.74 bits per heavy atom. The SMILES string of the molecule is CCCNC(C)(CCCCN1CCCC1C)C(=O)O. The van der Waals surface area contributed by atoms with E-state index in [2.05, 4.69) is 24.1 Å². The van der Waals surface area contributed by atoms with E-state index in [0.717, 1.165) is 32.4 Å². The molecule has 112 valence electrons. The van der Waals surface area contributed by atoms with Gasteiger partial charge in [-0.25, -0.2) is 0 Å². The number of hydrogen-bond acceptors (Lipinski definition) is 3. The first-order valence-electron chi connectivity index (χ1n) is 7.72. The second-order valence-corrected chi connectivity index (χ2v) is 6.05. The van der Waals surface area contributed by atoms with Crippen molar-refractivity contribution in [2.45, 2.75) is 70.9 Å². The van der Waals surface area contributed by atoms with Crippen molar-refractivity contribution in [3.8, 4) is 0 Å². The summed E-state index contributed by atoms with van der Waals surface area (Å²) in [4.78, 5) is 13.9. The second kappa shape index (κ2) is 7.85. The number of hydrogen-bond donors (Lipinski definition) is 2. The fourth-order valence-electron chi connectivity index (χ4n) is 2.79. The molecule has 1 aliphatic heterocycles. The first kappa shape index (κ1) is 16.4. The summed E-state index contributed by atoms with van der Waals surface area (Å²) in [5, 5.41) is 12.5. The van der Waals surface area contributed by atoms with Crippen molar-refractivity contribution in [1.29, 1.82) is 0 Å². The summed E-state index contributed by atoms with van der Waals surface area (Å²) in [5.74, 6) is -0.726. The molecule has 2 atom stereocenters. The monoisotopic (exact) mass is 270 g/mol. The lowest BCUT2D eigenvalue weighted by molar-refractivity contribution is -0.144. The number of nitrogens with one attached hydrogen (secondary N) is 1. The molecular formula is C15H30N2O2. The maximum atomic E-state index is 11.4. The van der Waals surface area contributed by atoms with E-state index in [9.17, 15) is 9.90 Å². The van der Waals surface area contributed by atoms with Crippen molar-refractivity contribution in [3.05, 3.63) is 0 Å². The Balaban J connectivity index is 2.26. The molecule has 1 fully saturated rings. The molecule has 0 aromatic heterocycles. The third kappa shape index (κ3) is 5.11. The normalized spacial score (nSPS) is 23.4.